The normalized spacial score (nSPS) is 10.3. The van der Waals surface area contributed by atoms with Crippen molar-refractivity contribution in [1.29, 1.82) is 0 Å². The zero-order chi connectivity index (χ0) is 14.7. The summed E-state index contributed by atoms with van der Waals surface area (Å²) in [5.41, 5.74) is 11.9. The van der Waals surface area contributed by atoms with Crippen molar-refractivity contribution in [3.63, 3.8) is 0 Å². The molecule has 0 aromatic heterocycles. The van der Waals surface area contributed by atoms with Gasteiger partial charge in [0.25, 0.3) is 0 Å². The molecule has 0 saturated heterocycles. The third-order valence-electron chi connectivity index (χ3n) is 2.75. The monoisotopic (exact) mass is 277 g/mol. The van der Waals surface area contributed by atoms with Gasteiger partial charge in [0.15, 0.2) is 11.6 Å². The summed E-state index contributed by atoms with van der Waals surface area (Å²) >= 11 is 0. The first-order valence-electron chi connectivity index (χ1n) is 5.85. The zero-order valence-electron chi connectivity index (χ0n) is 10.5. The predicted molar refractivity (Wildman–Crippen MR) is 74.0 cm³/mol. The van der Waals surface area contributed by atoms with Crippen molar-refractivity contribution in [3.8, 4) is 0 Å². The summed E-state index contributed by atoms with van der Waals surface area (Å²) in [5, 5.41) is 2.44. The van der Waals surface area contributed by atoms with E-state index in [4.69, 9.17) is 11.5 Å². The smallest absolute Gasteiger partial charge is 0.228 e. The number of carbonyl (C=O) groups excluding carboxylic acids is 1. The summed E-state index contributed by atoms with van der Waals surface area (Å²) in [6.45, 7) is 0. The van der Waals surface area contributed by atoms with Crippen molar-refractivity contribution in [2.24, 2.45) is 0 Å². The highest BCUT2D eigenvalue weighted by atomic mass is 19.2. The summed E-state index contributed by atoms with van der Waals surface area (Å²) in [7, 11) is 0. The Balaban J connectivity index is 2.08. The number of hydrogen-bond acceptors (Lipinski definition) is 3. The standard InChI is InChI=1S/C14H13F2N3O/c15-10-5-6-11(14(18)13(10)16)19-12(20)7-8-1-3-9(17)4-2-8/h1-6H,7,17-18H2,(H,19,20). The van der Waals surface area contributed by atoms with Gasteiger partial charge in [0, 0.05) is 5.69 Å². The molecule has 1 amide bonds. The predicted octanol–water partition coefficient (Wildman–Crippen LogP) is 2.31. The summed E-state index contributed by atoms with van der Waals surface area (Å²) < 4.78 is 26.1. The van der Waals surface area contributed by atoms with E-state index in [2.05, 4.69) is 5.32 Å². The molecule has 0 aliphatic carbocycles. The molecule has 6 heteroatoms. The minimum absolute atomic E-state index is 0.0457. The van der Waals surface area contributed by atoms with Crippen molar-refractivity contribution >= 4 is 23.0 Å². The average molecular weight is 277 g/mol. The Morgan fingerprint density at radius 1 is 1.05 bits per heavy atom. The molecule has 104 valence electrons. The summed E-state index contributed by atoms with van der Waals surface area (Å²) in [4.78, 5) is 11.8. The molecule has 0 spiro atoms. The number of rotatable bonds is 3. The van der Waals surface area contributed by atoms with E-state index in [1.165, 1.54) is 6.07 Å². The first-order valence-corrected chi connectivity index (χ1v) is 5.85. The maximum Gasteiger partial charge on any atom is 0.228 e. The molecule has 0 atom stereocenters. The van der Waals surface area contributed by atoms with Crippen LogP contribution in [-0.4, -0.2) is 5.91 Å². The van der Waals surface area contributed by atoms with Crippen molar-refractivity contribution < 1.29 is 13.6 Å². The maximum atomic E-state index is 13.2. The lowest BCUT2D eigenvalue weighted by Gasteiger charge is -2.09. The van der Waals surface area contributed by atoms with Crippen molar-refractivity contribution in [3.05, 3.63) is 53.6 Å². The van der Waals surface area contributed by atoms with Crippen LogP contribution in [0.5, 0.6) is 0 Å². The minimum Gasteiger partial charge on any atom is -0.399 e. The van der Waals surface area contributed by atoms with E-state index >= 15 is 0 Å². The Morgan fingerprint density at radius 3 is 2.35 bits per heavy atom. The second kappa shape index (κ2) is 5.56. The van der Waals surface area contributed by atoms with E-state index in [0.29, 0.717) is 5.69 Å². The Labute approximate surface area is 114 Å². The van der Waals surface area contributed by atoms with E-state index in [-0.39, 0.29) is 18.0 Å². The molecule has 0 fully saturated rings. The summed E-state index contributed by atoms with van der Waals surface area (Å²) in [5.74, 6) is -2.61. The zero-order valence-corrected chi connectivity index (χ0v) is 10.5. The molecule has 4 nitrogen and oxygen atoms in total. The van der Waals surface area contributed by atoms with Gasteiger partial charge in [-0.2, -0.15) is 0 Å². The number of carbonyl (C=O) groups is 1. The minimum atomic E-state index is -1.17. The second-order valence-electron chi connectivity index (χ2n) is 4.29. The number of halogens is 2. The highest BCUT2D eigenvalue weighted by Gasteiger charge is 2.12. The van der Waals surface area contributed by atoms with Crippen molar-refractivity contribution in [1.82, 2.24) is 0 Å². The number of nitrogens with two attached hydrogens (primary N) is 2. The molecule has 2 aromatic rings. The van der Waals surface area contributed by atoms with E-state index in [1.807, 2.05) is 0 Å². The summed E-state index contributed by atoms with van der Waals surface area (Å²) in [6.07, 6.45) is 0.0821. The van der Waals surface area contributed by atoms with Gasteiger partial charge in [0.05, 0.1) is 17.8 Å². The van der Waals surface area contributed by atoms with E-state index in [0.717, 1.165) is 11.6 Å². The summed E-state index contributed by atoms with van der Waals surface area (Å²) in [6, 6.07) is 8.90. The number of amides is 1. The van der Waals surface area contributed by atoms with Gasteiger partial charge in [-0.15, -0.1) is 0 Å². The SMILES string of the molecule is Nc1ccc(CC(=O)Nc2ccc(F)c(F)c2N)cc1. The topological polar surface area (TPSA) is 81.1 Å². The fourth-order valence-corrected chi connectivity index (χ4v) is 1.69. The number of hydrogen-bond donors (Lipinski definition) is 3. The number of anilines is 3. The van der Waals surface area contributed by atoms with Crippen LogP contribution >= 0.6 is 0 Å². The van der Waals surface area contributed by atoms with Crippen LogP contribution in [0.15, 0.2) is 36.4 Å². The lowest BCUT2D eigenvalue weighted by molar-refractivity contribution is -0.115. The lowest BCUT2D eigenvalue weighted by atomic mass is 10.1. The first-order chi connectivity index (χ1) is 9.47. The lowest BCUT2D eigenvalue weighted by Crippen LogP contribution is -2.16. The largest absolute Gasteiger partial charge is 0.399 e. The van der Waals surface area contributed by atoms with Gasteiger partial charge >= 0.3 is 0 Å². The molecule has 2 rings (SSSR count). The van der Waals surface area contributed by atoms with Gasteiger partial charge in [-0.1, -0.05) is 12.1 Å². The van der Waals surface area contributed by atoms with Crippen molar-refractivity contribution in [2.45, 2.75) is 6.42 Å². The van der Waals surface area contributed by atoms with Crippen molar-refractivity contribution in [2.75, 3.05) is 16.8 Å². The van der Waals surface area contributed by atoms with Crippen LogP contribution < -0.4 is 16.8 Å². The van der Waals surface area contributed by atoms with Crippen LogP contribution in [0.25, 0.3) is 0 Å². The van der Waals surface area contributed by atoms with E-state index < -0.39 is 17.3 Å². The second-order valence-corrected chi connectivity index (χ2v) is 4.29. The van der Waals surface area contributed by atoms with Gasteiger partial charge in [-0.05, 0) is 29.8 Å². The Hall–Kier alpha value is -2.63. The third-order valence-corrected chi connectivity index (χ3v) is 2.75. The van der Waals surface area contributed by atoms with Gasteiger partial charge in [0.2, 0.25) is 5.91 Å². The number of nitrogens with one attached hydrogen (secondary N) is 1. The molecular formula is C14H13F2N3O. The maximum absolute atomic E-state index is 13.2. The highest BCUT2D eigenvalue weighted by molar-refractivity contribution is 5.95. The number of benzene rings is 2. The van der Waals surface area contributed by atoms with Gasteiger partial charge < -0.3 is 16.8 Å². The van der Waals surface area contributed by atoms with Crippen LogP contribution in [0, 0.1) is 11.6 Å². The molecule has 20 heavy (non-hydrogen) atoms. The van der Waals surface area contributed by atoms with Crippen LogP contribution in [0.1, 0.15) is 5.56 Å². The molecule has 0 aliphatic heterocycles. The van der Waals surface area contributed by atoms with E-state index in [9.17, 15) is 13.6 Å². The average Bonchev–Trinajstić information content (AvgIpc) is 2.42. The Kier molecular flexibility index (Phi) is 3.84. The molecule has 0 aliphatic rings. The van der Waals surface area contributed by atoms with Crippen LogP contribution in [-0.2, 0) is 11.2 Å². The molecule has 0 heterocycles. The fourth-order valence-electron chi connectivity index (χ4n) is 1.69. The van der Waals surface area contributed by atoms with Gasteiger partial charge in [0.1, 0.15) is 0 Å². The molecular weight excluding hydrogens is 264 g/mol. The van der Waals surface area contributed by atoms with Gasteiger partial charge in [-0.3, -0.25) is 4.79 Å². The molecule has 2 aromatic carbocycles. The fraction of sp³-hybridized carbons (Fsp3) is 0.0714. The quantitative estimate of drug-likeness (QED) is 0.753. The molecule has 0 unspecified atom stereocenters. The van der Waals surface area contributed by atoms with E-state index in [1.54, 1.807) is 24.3 Å². The van der Waals surface area contributed by atoms with Crippen LogP contribution in [0.2, 0.25) is 0 Å². The molecule has 5 N–H and O–H groups in total. The Morgan fingerprint density at radius 2 is 1.70 bits per heavy atom. The third kappa shape index (κ3) is 3.03. The first kappa shape index (κ1) is 13.8. The Bertz CT molecular complexity index is 642. The van der Waals surface area contributed by atoms with Gasteiger partial charge in [-0.25, -0.2) is 8.78 Å². The molecule has 0 saturated carbocycles. The van der Waals surface area contributed by atoms with Crippen LogP contribution in [0.4, 0.5) is 25.8 Å². The number of nitrogen functional groups attached to an aromatic ring is 2. The molecule has 0 bridgehead atoms. The highest BCUT2D eigenvalue weighted by Crippen LogP contribution is 2.24. The van der Waals surface area contributed by atoms with Crippen LogP contribution in [0.3, 0.4) is 0 Å². The molecule has 0 radical (unpaired) electrons.